The third-order valence-electron chi connectivity index (χ3n) is 3.18. The molecule has 1 fully saturated rings. The highest BCUT2D eigenvalue weighted by molar-refractivity contribution is 9.10. The molecule has 1 aliphatic rings. The number of thiazole rings is 1. The second-order valence-electron chi connectivity index (χ2n) is 4.69. The average Bonchev–Trinajstić information content (AvgIpc) is 3.10. The summed E-state index contributed by atoms with van der Waals surface area (Å²) in [5.74, 6) is 1.64. The summed E-state index contributed by atoms with van der Waals surface area (Å²) < 4.78 is 1.04. The number of nitrogens with one attached hydrogen (secondary N) is 2. The van der Waals surface area contributed by atoms with Crippen LogP contribution in [0.2, 0.25) is 0 Å². The van der Waals surface area contributed by atoms with E-state index in [-0.39, 0.29) is 11.9 Å². The Kier molecular flexibility index (Phi) is 4.63. The van der Waals surface area contributed by atoms with Gasteiger partial charge in [0.25, 0.3) is 0 Å². The largest absolute Gasteiger partial charge is 0.301 e. The van der Waals surface area contributed by atoms with Gasteiger partial charge in [-0.3, -0.25) is 10.1 Å². The fourth-order valence-electron chi connectivity index (χ4n) is 2.08. The van der Waals surface area contributed by atoms with Crippen LogP contribution in [0.25, 0.3) is 11.3 Å². The zero-order valence-electron chi connectivity index (χ0n) is 11.4. The molecule has 1 atom stereocenters. The van der Waals surface area contributed by atoms with Crippen LogP contribution >= 0.6 is 39.0 Å². The summed E-state index contributed by atoms with van der Waals surface area (Å²) >= 11 is 6.67. The van der Waals surface area contributed by atoms with E-state index < -0.39 is 0 Å². The van der Waals surface area contributed by atoms with Gasteiger partial charge in [0, 0.05) is 26.5 Å². The van der Waals surface area contributed by atoms with Gasteiger partial charge in [0.2, 0.25) is 5.91 Å². The van der Waals surface area contributed by atoms with E-state index in [0.29, 0.717) is 5.13 Å². The van der Waals surface area contributed by atoms with Gasteiger partial charge in [-0.15, -0.1) is 23.1 Å². The molecular weight excluding hydrogens is 370 g/mol. The fourth-order valence-corrected chi connectivity index (χ4v) is 4.13. The number of hydrogen-bond donors (Lipinski definition) is 2. The van der Waals surface area contributed by atoms with E-state index in [2.05, 4.69) is 31.5 Å². The van der Waals surface area contributed by atoms with Gasteiger partial charge >= 0.3 is 0 Å². The van der Waals surface area contributed by atoms with Crippen LogP contribution in [-0.4, -0.2) is 28.6 Å². The van der Waals surface area contributed by atoms with Crippen LogP contribution in [0.15, 0.2) is 28.7 Å². The molecule has 1 unspecified atom stereocenters. The molecule has 7 heteroatoms. The van der Waals surface area contributed by atoms with Gasteiger partial charge in [0.05, 0.1) is 11.7 Å². The first kappa shape index (κ1) is 15.0. The van der Waals surface area contributed by atoms with E-state index in [1.807, 2.05) is 31.2 Å². The average molecular weight is 384 g/mol. The lowest BCUT2D eigenvalue weighted by Crippen LogP contribution is -2.37. The van der Waals surface area contributed by atoms with Gasteiger partial charge in [0.1, 0.15) is 0 Å². The molecule has 0 spiro atoms. The number of carbonyl (C=O) groups is 1. The highest BCUT2D eigenvalue weighted by atomic mass is 79.9. The molecule has 2 aromatic rings. The fraction of sp³-hybridized carbons (Fsp3) is 0.286. The van der Waals surface area contributed by atoms with Crippen LogP contribution in [0.1, 0.15) is 4.88 Å². The first-order valence-electron chi connectivity index (χ1n) is 6.49. The number of nitrogens with zero attached hydrogens (tertiary/aromatic N) is 1. The number of aryl methyl sites for hydroxylation is 1. The highest BCUT2D eigenvalue weighted by Gasteiger charge is 2.23. The van der Waals surface area contributed by atoms with Crippen LogP contribution in [0.4, 0.5) is 5.13 Å². The molecule has 1 saturated heterocycles. The molecule has 0 bridgehead atoms. The predicted molar refractivity (Wildman–Crippen MR) is 92.9 cm³/mol. The second kappa shape index (κ2) is 6.48. The smallest absolute Gasteiger partial charge is 0.244 e. The predicted octanol–water partition coefficient (Wildman–Crippen LogP) is 3.48. The van der Waals surface area contributed by atoms with Crippen LogP contribution in [-0.2, 0) is 4.79 Å². The molecule has 1 amide bonds. The Balaban J connectivity index is 1.77. The van der Waals surface area contributed by atoms with E-state index in [1.165, 1.54) is 11.3 Å². The number of thioether (sulfide) groups is 1. The van der Waals surface area contributed by atoms with Crippen LogP contribution in [0, 0.1) is 6.92 Å². The number of anilines is 1. The van der Waals surface area contributed by atoms with Crippen molar-refractivity contribution in [3.63, 3.8) is 0 Å². The monoisotopic (exact) mass is 383 g/mol. The number of carbonyl (C=O) groups excluding carboxylic acids is 1. The molecule has 1 aromatic carbocycles. The van der Waals surface area contributed by atoms with Gasteiger partial charge in [-0.1, -0.05) is 28.1 Å². The first-order valence-corrected chi connectivity index (χ1v) is 9.25. The van der Waals surface area contributed by atoms with E-state index in [0.717, 1.165) is 32.2 Å². The van der Waals surface area contributed by atoms with Crippen LogP contribution in [0.5, 0.6) is 0 Å². The van der Waals surface area contributed by atoms with Crippen molar-refractivity contribution in [1.82, 2.24) is 10.3 Å². The zero-order valence-corrected chi connectivity index (χ0v) is 14.6. The van der Waals surface area contributed by atoms with Crippen molar-refractivity contribution >= 4 is 50.1 Å². The van der Waals surface area contributed by atoms with Crippen molar-refractivity contribution in [3.8, 4) is 11.3 Å². The molecule has 2 N–H and O–H groups in total. The summed E-state index contributed by atoms with van der Waals surface area (Å²) in [4.78, 5) is 17.7. The Morgan fingerprint density at radius 2 is 2.19 bits per heavy atom. The second-order valence-corrected chi connectivity index (χ2v) is 7.84. The van der Waals surface area contributed by atoms with E-state index in [4.69, 9.17) is 0 Å². The summed E-state index contributed by atoms with van der Waals surface area (Å²) in [6.07, 6.45) is 0. The summed E-state index contributed by atoms with van der Waals surface area (Å²) in [6.45, 7) is 2.02. The highest BCUT2D eigenvalue weighted by Crippen LogP contribution is 2.31. The third kappa shape index (κ3) is 3.48. The minimum atomic E-state index is -0.115. The Morgan fingerprint density at radius 1 is 1.43 bits per heavy atom. The van der Waals surface area contributed by atoms with Gasteiger partial charge in [0.15, 0.2) is 5.13 Å². The first-order chi connectivity index (χ1) is 10.1. The van der Waals surface area contributed by atoms with Crippen molar-refractivity contribution in [1.29, 1.82) is 0 Å². The number of halogens is 1. The van der Waals surface area contributed by atoms with Crippen LogP contribution in [0.3, 0.4) is 0 Å². The molecule has 21 heavy (non-hydrogen) atoms. The number of benzene rings is 1. The summed E-state index contributed by atoms with van der Waals surface area (Å²) in [6, 6.07) is 7.91. The Labute approximate surface area is 139 Å². The van der Waals surface area contributed by atoms with Crippen molar-refractivity contribution in [2.24, 2.45) is 0 Å². The van der Waals surface area contributed by atoms with Gasteiger partial charge in [-0.25, -0.2) is 4.98 Å². The van der Waals surface area contributed by atoms with E-state index in [9.17, 15) is 4.79 Å². The molecule has 0 aliphatic carbocycles. The molecule has 110 valence electrons. The number of hydrogen-bond acceptors (Lipinski definition) is 5. The summed E-state index contributed by atoms with van der Waals surface area (Å²) in [5.41, 5.74) is 1.98. The maximum atomic E-state index is 12.1. The lowest BCUT2D eigenvalue weighted by atomic mass is 10.1. The third-order valence-corrected chi connectivity index (χ3v) is 5.53. The number of amides is 1. The van der Waals surface area contributed by atoms with Crippen molar-refractivity contribution in [2.45, 2.75) is 13.0 Å². The molecule has 3 rings (SSSR count). The van der Waals surface area contributed by atoms with E-state index >= 15 is 0 Å². The van der Waals surface area contributed by atoms with E-state index in [1.54, 1.807) is 11.8 Å². The molecular formula is C14H14BrN3OS2. The van der Waals surface area contributed by atoms with Crippen molar-refractivity contribution in [3.05, 3.63) is 33.6 Å². The lowest BCUT2D eigenvalue weighted by molar-refractivity contribution is -0.117. The Morgan fingerprint density at radius 3 is 2.86 bits per heavy atom. The maximum absolute atomic E-state index is 12.1. The number of rotatable bonds is 3. The molecule has 1 aliphatic heterocycles. The Bertz CT molecular complexity index is 651. The number of aromatic nitrogens is 1. The topological polar surface area (TPSA) is 54.0 Å². The Hall–Kier alpha value is -0.890. The SMILES string of the molecule is Cc1sc(NC(=O)C2CSCN2)nc1-c1ccc(Br)cc1. The molecule has 0 saturated carbocycles. The minimum Gasteiger partial charge on any atom is -0.301 e. The minimum absolute atomic E-state index is 0.00361. The normalized spacial score (nSPS) is 17.9. The molecule has 2 heterocycles. The maximum Gasteiger partial charge on any atom is 0.244 e. The summed E-state index contributed by atoms with van der Waals surface area (Å²) in [5, 5.41) is 6.73. The lowest BCUT2D eigenvalue weighted by Gasteiger charge is -2.07. The molecule has 4 nitrogen and oxygen atoms in total. The quantitative estimate of drug-likeness (QED) is 0.851. The molecule has 1 aromatic heterocycles. The standard InChI is InChI=1S/C14H14BrN3OS2/c1-8-12(9-2-4-10(15)5-3-9)17-14(21-8)18-13(19)11-6-20-7-16-11/h2-5,11,16H,6-7H2,1H3,(H,17,18,19). The van der Waals surface area contributed by atoms with Crippen molar-refractivity contribution < 1.29 is 4.79 Å². The van der Waals surface area contributed by atoms with Gasteiger partial charge in [-0.2, -0.15) is 0 Å². The zero-order chi connectivity index (χ0) is 14.8. The van der Waals surface area contributed by atoms with Gasteiger partial charge < -0.3 is 5.32 Å². The summed E-state index contributed by atoms with van der Waals surface area (Å²) in [7, 11) is 0. The van der Waals surface area contributed by atoms with Gasteiger partial charge in [-0.05, 0) is 19.1 Å². The molecule has 0 radical (unpaired) electrons. The van der Waals surface area contributed by atoms with Crippen molar-refractivity contribution in [2.75, 3.05) is 16.9 Å². The van der Waals surface area contributed by atoms with Crippen LogP contribution < -0.4 is 10.6 Å².